The van der Waals surface area contributed by atoms with E-state index in [0.717, 1.165) is 33.4 Å². The monoisotopic (exact) mass is 414 g/mol. The molecule has 1 aromatic carbocycles. The van der Waals surface area contributed by atoms with Crippen LogP contribution in [0.4, 0.5) is 5.69 Å². The first kappa shape index (κ1) is 20.6. The fourth-order valence-corrected chi connectivity index (χ4v) is 4.81. The lowest BCUT2D eigenvalue weighted by Gasteiger charge is -2.14. The zero-order valence-electron chi connectivity index (χ0n) is 17.2. The summed E-state index contributed by atoms with van der Waals surface area (Å²) >= 11 is 3.15. The number of thioether (sulfide) groups is 1. The first-order valence-electron chi connectivity index (χ1n) is 9.28. The van der Waals surface area contributed by atoms with Crippen LogP contribution in [0.5, 0.6) is 0 Å². The number of amides is 1. The zero-order valence-corrected chi connectivity index (χ0v) is 18.8. The Morgan fingerprint density at radius 3 is 2.43 bits per heavy atom. The van der Waals surface area contributed by atoms with Gasteiger partial charge in [-0.15, -0.1) is 21.5 Å². The molecule has 0 aliphatic carbocycles. The molecule has 0 atom stereocenters. The van der Waals surface area contributed by atoms with Crippen LogP contribution in [-0.2, 0) is 4.79 Å². The number of para-hydroxylation sites is 1. The Balaban J connectivity index is 1.78. The molecule has 0 fully saturated rings. The van der Waals surface area contributed by atoms with E-state index in [9.17, 15) is 4.79 Å². The van der Waals surface area contributed by atoms with Gasteiger partial charge >= 0.3 is 0 Å². The summed E-state index contributed by atoms with van der Waals surface area (Å²) in [6, 6.07) is 6.20. The second-order valence-electron chi connectivity index (χ2n) is 7.20. The summed E-state index contributed by atoms with van der Waals surface area (Å²) in [5, 5.41) is 14.8. The average Bonchev–Trinajstić information content (AvgIpc) is 3.20. The Bertz CT molecular complexity index is 984. The number of nitrogens with one attached hydrogen (secondary N) is 1. The highest BCUT2D eigenvalue weighted by Gasteiger charge is 2.20. The number of hydrogen-bond donors (Lipinski definition) is 1. The zero-order chi connectivity index (χ0) is 20.4. The minimum Gasteiger partial charge on any atom is -0.325 e. The van der Waals surface area contributed by atoms with Crippen molar-refractivity contribution < 1.29 is 4.79 Å². The molecule has 0 bridgehead atoms. The lowest BCUT2D eigenvalue weighted by Crippen LogP contribution is -2.16. The van der Waals surface area contributed by atoms with Crippen molar-refractivity contribution in [3.63, 3.8) is 0 Å². The normalized spacial score (nSPS) is 11.2. The van der Waals surface area contributed by atoms with Crippen LogP contribution >= 0.6 is 23.1 Å². The van der Waals surface area contributed by atoms with Crippen LogP contribution in [-0.4, -0.2) is 26.4 Å². The standard InChI is InChI=1S/C21H26N4OS2/c1-12(2)25-20(17-10-27-16(6)15(17)5)23-24-21(25)28-11-18(26)22-19-13(3)8-7-9-14(19)4/h7-10,12H,11H2,1-6H3,(H,22,26). The molecule has 0 radical (unpaired) electrons. The highest BCUT2D eigenvalue weighted by Crippen LogP contribution is 2.33. The molecule has 0 aliphatic rings. The van der Waals surface area contributed by atoms with Crippen LogP contribution in [0, 0.1) is 27.7 Å². The molecule has 0 spiro atoms. The van der Waals surface area contributed by atoms with Gasteiger partial charge in [-0.1, -0.05) is 30.0 Å². The number of hydrogen-bond acceptors (Lipinski definition) is 5. The molecule has 7 heteroatoms. The third-order valence-electron chi connectivity index (χ3n) is 4.79. The van der Waals surface area contributed by atoms with E-state index < -0.39 is 0 Å². The maximum absolute atomic E-state index is 12.5. The van der Waals surface area contributed by atoms with Crippen LogP contribution in [0.3, 0.4) is 0 Å². The second kappa shape index (κ2) is 8.49. The maximum Gasteiger partial charge on any atom is 0.234 e. The van der Waals surface area contributed by atoms with Gasteiger partial charge in [-0.2, -0.15) is 0 Å². The van der Waals surface area contributed by atoms with Crippen LogP contribution in [0.2, 0.25) is 0 Å². The van der Waals surface area contributed by atoms with Gasteiger partial charge in [0.15, 0.2) is 11.0 Å². The third-order valence-corrected chi connectivity index (χ3v) is 6.74. The van der Waals surface area contributed by atoms with Crippen LogP contribution in [0.15, 0.2) is 28.7 Å². The maximum atomic E-state index is 12.5. The smallest absolute Gasteiger partial charge is 0.234 e. The Hall–Kier alpha value is -2.12. The van der Waals surface area contributed by atoms with E-state index >= 15 is 0 Å². The number of anilines is 1. The number of nitrogens with zero attached hydrogens (tertiary/aromatic N) is 3. The molecule has 2 heterocycles. The predicted molar refractivity (Wildman–Crippen MR) is 118 cm³/mol. The molecule has 2 aromatic heterocycles. The molecule has 0 unspecified atom stereocenters. The molecule has 0 saturated heterocycles. The van der Waals surface area contributed by atoms with E-state index in [1.54, 1.807) is 11.3 Å². The Kier molecular flexibility index (Phi) is 6.25. The summed E-state index contributed by atoms with van der Waals surface area (Å²) in [7, 11) is 0. The van der Waals surface area contributed by atoms with Gasteiger partial charge in [0.2, 0.25) is 5.91 Å². The predicted octanol–water partition coefficient (Wildman–Crippen LogP) is 5.55. The number of rotatable bonds is 6. The summed E-state index contributed by atoms with van der Waals surface area (Å²) in [4.78, 5) is 13.8. The molecule has 3 rings (SSSR count). The molecule has 1 N–H and O–H groups in total. The number of benzene rings is 1. The van der Waals surface area contributed by atoms with Crippen molar-refractivity contribution in [2.45, 2.75) is 52.7 Å². The lowest BCUT2D eigenvalue weighted by molar-refractivity contribution is -0.113. The van der Waals surface area contributed by atoms with Crippen molar-refractivity contribution in [2.24, 2.45) is 0 Å². The Morgan fingerprint density at radius 2 is 1.86 bits per heavy atom. The van der Waals surface area contributed by atoms with Crippen molar-refractivity contribution >= 4 is 34.7 Å². The van der Waals surface area contributed by atoms with Crippen LogP contribution < -0.4 is 5.32 Å². The van der Waals surface area contributed by atoms with Crippen molar-refractivity contribution in [2.75, 3.05) is 11.1 Å². The average molecular weight is 415 g/mol. The highest BCUT2D eigenvalue weighted by atomic mass is 32.2. The molecular formula is C21H26N4OS2. The van der Waals surface area contributed by atoms with E-state index in [1.807, 2.05) is 32.0 Å². The summed E-state index contributed by atoms with van der Waals surface area (Å²) in [5.74, 6) is 1.12. The first-order valence-corrected chi connectivity index (χ1v) is 11.1. The molecule has 5 nitrogen and oxygen atoms in total. The summed E-state index contributed by atoms with van der Waals surface area (Å²) in [6.45, 7) is 12.5. The molecule has 0 saturated carbocycles. The molecule has 0 aliphatic heterocycles. The van der Waals surface area contributed by atoms with E-state index in [4.69, 9.17) is 0 Å². The van der Waals surface area contributed by atoms with Crippen LogP contribution in [0.1, 0.15) is 41.5 Å². The van der Waals surface area contributed by atoms with Crippen molar-refractivity contribution in [1.82, 2.24) is 14.8 Å². The minimum atomic E-state index is -0.0372. The van der Waals surface area contributed by atoms with Gasteiger partial charge in [-0.25, -0.2) is 0 Å². The van der Waals surface area contributed by atoms with Gasteiger partial charge in [-0.3, -0.25) is 9.36 Å². The fourth-order valence-electron chi connectivity index (χ4n) is 3.08. The van der Waals surface area contributed by atoms with Crippen LogP contribution in [0.25, 0.3) is 11.4 Å². The van der Waals surface area contributed by atoms with Gasteiger partial charge in [-0.05, 0) is 58.2 Å². The Labute approximate surface area is 174 Å². The largest absolute Gasteiger partial charge is 0.325 e. The number of aryl methyl sites for hydroxylation is 3. The van der Waals surface area contributed by atoms with Crippen molar-refractivity contribution in [3.8, 4) is 11.4 Å². The van der Waals surface area contributed by atoms with Gasteiger partial charge < -0.3 is 5.32 Å². The number of carbonyl (C=O) groups is 1. The third kappa shape index (κ3) is 4.15. The van der Waals surface area contributed by atoms with Gasteiger partial charge in [0.05, 0.1) is 5.75 Å². The Morgan fingerprint density at radius 1 is 1.18 bits per heavy atom. The summed E-state index contributed by atoms with van der Waals surface area (Å²) in [6.07, 6.45) is 0. The van der Waals surface area contributed by atoms with Crippen molar-refractivity contribution in [1.29, 1.82) is 0 Å². The van der Waals surface area contributed by atoms with Gasteiger partial charge in [0.1, 0.15) is 0 Å². The molecular weight excluding hydrogens is 388 g/mol. The van der Waals surface area contributed by atoms with E-state index in [2.05, 4.69) is 53.2 Å². The quantitative estimate of drug-likeness (QED) is 0.537. The lowest BCUT2D eigenvalue weighted by atomic mass is 10.1. The number of carbonyl (C=O) groups excluding carboxylic acids is 1. The van der Waals surface area contributed by atoms with Crippen molar-refractivity contribution in [3.05, 3.63) is 45.1 Å². The first-order chi connectivity index (χ1) is 13.3. The summed E-state index contributed by atoms with van der Waals surface area (Å²) in [5.41, 5.74) is 5.38. The highest BCUT2D eigenvalue weighted by molar-refractivity contribution is 7.99. The minimum absolute atomic E-state index is 0.0372. The molecule has 28 heavy (non-hydrogen) atoms. The van der Waals surface area contributed by atoms with E-state index in [1.165, 1.54) is 22.2 Å². The SMILES string of the molecule is Cc1cccc(C)c1NC(=O)CSc1nnc(-c2csc(C)c2C)n1C(C)C. The van der Waals surface area contributed by atoms with E-state index in [0.29, 0.717) is 5.75 Å². The van der Waals surface area contributed by atoms with Gasteiger partial charge in [0, 0.05) is 27.5 Å². The second-order valence-corrected chi connectivity index (χ2v) is 9.23. The topological polar surface area (TPSA) is 59.8 Å². The van der Waals surface area contributed by atoms with Gasteiger partial charge in [0.25, 0.3) is 0 Å². The molecule has 1 amide bonds. The summed E-state index contributed by atoms with van der Waals surface area (Å²) < 4.78 is 2.12. The molecule has 148 valence electrons. The number of aromatic nitrogens is 3. The molecule has 3 aromatic rings. The van der Waals surface area contributed by atoms with E-state index in [-0.39, 0.29) is 11.9 Å². The fraction of sp³-hybridized carbons (Fsp3) is 0.381. The number of thiophene rings is 1.